The molecule has 0 aromatic rings. The largest absolute Gasteiger partial charge is 0.395 e. The normalized spacial score (nSPS) is 48.7. The monoisotopic (exact) mass is 400 g/mol. The van der Waals surface area contributed by atoms with Gasteiger partial charge in [0.05, 0.1) is 6.61 Å². The highest BCUT2D eigenvalue weighted by atomic mass is 16.3. The molecule has 0 heterocycles. The maximum Gasteiger partial charge on any atom is 0.137 e. The first-order chi connectivity index (χ1) is 13.6. The van der Waals surface area contributed by atoms with Crippen LogP contribution in [0.3, 0.4) is 0 Å². The third-order valence-electron chi connectivity index (χ3n) is 9.46. The lowest BCUT2D eigenvalue weighted by molar-refractivity contribution is -0.165. The number of hydrogen-bond donors (Lipinski definition) is 2. The molecule has 0 radical (unpaired) electrons. The number of fused-ring (bicyclic) bond motifs is 5. The number of Topliss-reactive ketones (excluding diaryl/α,β-unsaturated/α-hetero) is 2. The SMILES string of the molecule is CC(=O)[C@H]1CC[C@H]2[C@@H]3CC[C@@H]4C[C@](O)(C#CCCO)CC[C@]4(C)[C@H]3C(=O)C[C@]12C. The van der Waals surface area contributed by atoms with Crippen molar-refractivity contribution in [3.8, 4) is 11.8 Å². The number of aliphatic hydroxyl groups excluding tert-OH is 1. The van der Waals surface area contributed by atoms with Crippen molar-refractivity contribution < 1.29 is 19.8 Å². The van der Waals surface area contributed by atoms with Crippen LogP contribution in [-0.4, -0.2) is 34.0 Å². The molecule has 0 spiro atoms. The highest BCUT2D eigenvalue weighted by Gasteiger charge is 2.64. The summed E-state index contributed by atoms with van der Waals surface area (Å²) in [5.41, 5.74) is -1.20. The zero-order valence-electron chi connectivity index (χ0n) is 18.2. The number of carbonyl (C=O) groups excluding carboxylic acids is 2. The molecule has 0 aromatic carbocycles. The summed E-state index contributed by atoms with van der Waals surface area (Å²) in [5, 5.41) is 20.0. The van der Waals surface area contributed by atoms with Gasteiger partial charge in [-0.15, -0.1) is 0 Å². The van der Waals surface area contributed by atoms with E-state index < -0.39 is 5.60 Å². The van der Waals surface area contributed by atoms with Crippen LogP contribution in [0.2, 0.25) is 0 Å². The lowest BCUT2D eigenvalue weighted by atomic mass is 9.43. The Labute approximate surface area is 174 Å². The molecule has 0 unspecified atom stereocenters. The van der Waals surface area contributed by atoms with Gasteiger partial charge in [0.1, 0.15) is 17.2 Å². The van der Waals surface area contributed by atoms with E-state index in [0.29, 0.717) is 49.2 Å². The molecule has 4 nitrogen and oxygen atoms in total. The second-order valence-corrected chi connectivity index (χ2v) is 10.9. The minimum Gasteiger partial charge on any atom is -0.395 e. The Balaban J connectivity index is 1.60. The molecule has 4 aliphatic rings. The Bertz CT molecular complexity index is 763. The fourth-order valence-corrected chi connectivity index (χ4v) is 8.12. The zero-order valence-corrected chi connectivity index (χ0v) is 18.2. The summed E-state index contributed by atoms with van der Waals surface area (Å²) in [4.78, 5) is 25.8. The van der Waals surface area contributed by atoms with E-state index in [9.17, 15) is 14.7 Å². The average Bonchev–Trinajstić information content (AvgIpc) is 2.99. The molecule has 4 heteroatoms. The van der Waals surface area contributed by atoms with Crippen LogP contribution in [-0.2, 0) is 9.59 Å². The standard InChI is InChI=1S/C25H36O4/c1-16(27)19-8-9-20-18-7-6-17-14-25(29,10-4-5-13-26)12-11-23(17,2)22(18)21(28)15-24(19,20)3/h17-20,22,26,29H,5-9,11-15H2,1-3H3/t17-,18+,19-,20+,22-,23+,24-,25+/m1/s1. The molecule has 0 aromatic heterocycles. The summed E-state index contributed by atoms with van der Waals surface area (Å²) in [6.45, 7) is 6.21. The quantitative estimate of drug-likeness (QED) is 0.696. The van der Waals surface area contributed by atoms with E-state index >= 15 is 0 Å². The van der Waals surface area contributed by atoms with Crippen LogP contribution >= 0.6 is 0 Å². The zero-order chi connectivity index (χ0) is 21.0. The number of rotatable bonds is 2. The van der Waals surface area contributed by atoms with Crippen LogP contribution in [0.15, 0.2) is 0 Å². The third kappa shape index (κ3) is 3.20. The predicted molar refractivity (Wildman–Crippen MR) is 111 cm³/mol. The number of ketones is 2. The van der Waals surface area contributed by atoms with Crippen LogP contribution in [0.4, 0.5) is 0 Å². The van der Waals surface area contributed by atoms with E-state index in [1.807, 2.05) is 0 Å². The van der Waals surface area contributed by atoms with Gasteiger partial charge in [0.25, 0.3) is 0 Å². The maximum atomic E-state index is 13.5. The van der Waals surface area contributed by atoms with E-state index in [0.717, 1.165) is 32.1 Å². The first kappa shape index (κ1) is 21.1. The van der Waals surface area contributed by atoms with Crippen LogP contribution in [0.25, 0.3) is 0 Å². The Morgan fingerprint density at radius 1 is 1.14 bits per heavy atom. The van der Waals surface area contributed by atoms with Crippen LogP contribution in [0.1, 0.15) is 78.6 Å². The molecule has 4 fully saturated rings. The van der Waals surface area contributed by atoms with E-state index in [1.165, 1.54) is 0 Å². The minimum absolute atomic E-state index is 0.0178. The van der Waals surface area contributed by atoms with Crippen molar-refractivity contribution in [3.05, 3.63) is 0 Å². The summed E-state index contributed by atoms with van der Waals surface area (Å²) in [5.74, 6) is 7.84. The Hall–Kier alpha value is -1.18. The third-order valence-corrected chi connectivity index (χ3v) is 9.46. The molecular formula is C25H36O4. The molecule has 29 heavy (non-hydrogen) atoms. The fraction of sp³-hybridized carbons (Fsp3) is 0.840. The van der Waals surface area contributed by atoms with Crippen molar-refractivity contribution in [2.45, 2.75) is 84.2 Å². The van der Waals surface area contributed by atoms with E-state index in [-0.39, 0.29) is 35.1 Å². The van der Waals surface area contributed by atoms with Gasteiger partial charge in [-0.25, -0.2) is 0 Å². The summed E-state index contributed by atoms with van der Waals surface area (Å²) >= 11 is 0. The number of hydrogen-bond acceptors (Lipinski definition) is 4. The number of aliphatic hydroxyl groups is 2. The van der Waals surface area contributed by atoms with Gasteiger partial charge in [0.15, 0.2) is 0 Å². The van der Waals surface area contributed by atoms with Gasteiger partial charge in [-0.05, 0) is 80.5 Å². The molecule has 2 N–H and O–H groups in total. The highest BCUT2D eigenvalue weighted by molar-refractivity contribution is 5.87. The molecule has 4 saturated carbocycles. The van der Waals surface area contributed by atoms with Gasteiger partial charge in [0.2, 0.25) is 0 Å². The van der Waals surface area contributed by atoms with Gasteiger partial charge in [-0.3, -0.25) is 9.59 Å². The molecular weight excluding hydrogens is 364 g/mol. The topological polar surface area (TPSA) is 74.6 Å². The first-order valence-corrected chi connectivity index (χ1v) is 11.5. The van der Waals surface area contributed by atoms with Crippen molar-refractivity contribution in [1.29, 1.82) is 0 Å². The van der Waals surface area contributed by atoms with Crippen molar-refractivity contribution in [3.63, 3.8) is 0 Å². The van der Waals surface area contributed by atoms with E-state index in [2.05, 4.69) is 25.7 Å². The molecule has 0 saturated heterocycles. The second-order valence-electron chi connectivity index (χ2n) is 10.9. The smallest absolute Gasteiger partial charge is 0.137 e. The van der Waals surface area contributed by atoms with Crippen LogP contribution in [0, 0.1) is 52.3 Å². The molecule has 0 bridgehead atoms. The predicted octanol–water partition coefficient (Wildman–Crippen LogP) is 3.53. The van der Waals surface area contributed by atoms with Gasteiger partial charge >= 0.3 is 0 Å². The molecule has 0 amide bonds. The summed E-state index contributed by atoms with van der Waals surface area (Å²) < 4.78 is 0. The van der Waals surface area contributed by atoms with Crippen molar-refractivity contribution in [1.82, 2.24) is 0 Å². The van der Waals surface area contributed by atoms with Crippen molar-refractivity contribution >= 4 is 11.6 Å². The number of carbonyl (C=O) groups is 2. The first-order valence-electron chi connectivity index (χ1n) is 11.5. The molecule has 8 atom stereocenters. The lowest BCUT2D eigenvalue weighted by Crippen LogP contribution is -2.59. The van der Waals surface area contributed by atoms with Gasteiger partial charge in [-0.2, -0.15) is 0 Å². The molecule has 160 valence electrons. The maximum absolute atomic E-state index is 13.5. The summed E-state index contributed by atoms with van der Waals surface area (Å²) in [6, 6.07) is 0. The molecule has 0 aliphatic heterocycles. The minimum atomic E-state index is -0.981. The molecule has 4 rings (SSSR count). The van der Waals surface area contributed by atoms with Gasteiger partial charge in [0, 0.05) is 24.7 Å². The fourth-order valence-electron chi connectivity index (χ4n) is 8.12. The summed E-state index contributed by atoms with van der Waals surface area (Å²) in [7, 11) is 0. The van der Waals surface area contributed by atoms with Crippen LogP contribution < -0.4 is 0 Å². The van der Waals surface area contributed by atoms with Gasteiger partial charge in [-0.1, -0.05) is 25.7 Å². The van der Waals surface area contributed by atoms with E-state index in [4.69, 9.17) is 5.11 Å². The average molecular weight is 401 g/mol. The second kappa shape index (κ2) is 7.20. The Kier molecular flexibility index (Phi) is 5.23. The summed E-state index contributed by atoms with van der Waals surface area (Å²) in [6.07, 6.45) is 7.09. The van der Waals surface area contributed by atoms with Crippen molar-refractivity contribution in [2.75, 3.05) is 6.61 Å². The lowest BCUT2D eigenvalue weighted by Gasteiger charge is -2.60. The Morgan fingerprint density at radius 2 is 1.90 bits per heavy atom. The highest BCUT2D eigenvalue weighted by Crippen LogP contribution is 2.67. The Morgan fingerprint density at radius 3 is 2.59 bits per heavy atom. The van der Waals surface area contributed by atoms with E-state index in [1.54, 1.807) is 6.92 Å². The van der Waals surface area contributed by atoms with Crippen molar-refractivity contribution in [2.24, 2.45) is 40.4 Å². The molecule has 4 aliphatic carbocycles. The van der Waals surface area contributed by atoms with Crippen LogP contribution in [0.5, 0.6) is 0 Å². The van der Waals surface area contributed by atoms with Gasteiger partial charge < -0.3 is 10.2 Å².